The molecule has 13 heavy (non-hydrogen) atoms. The fourth-order valence-electron chi connectivity index (χ4n) is 1.83. The van der Waals surface area contributed by atoms with Crippen LogP contribution in [0, 0.1) is 11.8 Å². The van der Waals surface area contributed by atoms with E-state index >= 15 is 0 Å². The zero-order valence-electron chi connectivity index (χ0n) is 10.1. The molecule has 1 nitrogen and oxygen atoms in total. The van der Waals surface area contributed by atoms with Gasteiger partial charge in [0.05, 0.1) is 0 Å². The van der Waals surface area contributed by atoms with Gasteiger partial charge in [-0.25, -0.2) is 0 Å². The Morgan fingerprint density at radius 2 is 1.54 bits per heavy atom. The molecule has 0 saturated heterocycles. The first-order valence-corrected chi connectivity index (χ1v) is 5.88. The largest absolute Gasteiger partial charge is 0.314 e. The molecule has 0 bridgehead atoms. The van der Waals surface area contributed by atoms with Crippen molar-refractivity contribution in [3.63, 3.8) is 0 Å². The Morgan fingerprint density at radius 1 is 1.00 bits per heavy atom. The van der Waals surface area contributed by atoms with Gasteiger partial charge < -0.3 is 5.32 Å². The lowest BCUT2D eigenvalue weighted by atomic mass is 9.89. The van der Waals surface area contributed by atoms with Crippen LogP contribution < -0.4 is 5.32 Å². The quantitative estimate of drug-likeness (QED) is 0.640. The highest BCUT2D eigenvalue weighted by Crippen LogP contribution is 2.18. The van der Waals surface area contributed by atoms with Crippen molar-refractivity contribution in [2.75, 3.05) is 6.54 Å². The van der Waals surface area contributed by atoms with E-state index in [1.54, 1.807) is 0 Å². The highest BCUT2D eigenvalue weighted by atomic mass is 14.9. The van der Waals surface area contributed by atoms with Gasteiger partial charge in [0, 0.05) is 6.04 Å². The number of hydrogen-bond donors (Lipinski definition) is 1. The maximum absolute atomic E-state index is 3.58. The van der Waals surface area contributed by atoms with Gasteiger partial charge in [-0.3, -0.25) is 0 Å². The molecule has 0 aromatic heterocycles. The van der Waals surface area contributed by atoms with Crippen LogP contribution in [0.3, 0.4) is 0 Å². The van der Waals surface area contributed by atoms with Crippen LogP contribution in [-0.4, -0.2) is 12.6 Å². The average Bonchev–Trinajstić information content (AvgIpc) is 2.11. The van der Waals surface area contributed by atoms with Crippen molar-refractivity contribution in [2.45, 2.75) is 59.9 Å². The van der Waals surface area contributed by atoms with E-state index in [1.807, 2.05) is 0 Å². The molecule has 1 heteroatoms. The predicted octanol–water partition coefficient (Wildman–Crippen LogP) is 3.45. The van der Waals surface area contributed by atoms with Gasteiger partial charge in [-0.05, 0) is 24.8 Å². The van der Waals surface area contributed by atoms with E-state index in [0.29, 0.717) is 0 Å². The number of hydrogen-bond acceptors (Lipinski definition) is 1. The Kier molecular flexibility index (Phi) is 7.35. The fraction of sp³-hybridized carbons (Fsp3) is 1.00. The van der Waals surface area contributed by atoms with Crippen LogP contribution in [0.25, 0.3) is 0 Å². The molecule has 0 rings (SSSR count). The second-order valence-electron chi connectivity index (χ2n) is 4.33. The molecule has 0 aliphatic heterocycles. The maximum atomic E-state index is 3.58. The Labute approximate surface area is 84.3 Å². The molecule has 0 aliphatic rings. The average molecular weight is 185 g/mol. The lowest BCUT2D eigenvalue weighted by Crippen LogP contribution is -2.35. The zero-order valence-corrected chi connectivity index (χ0v) is 10.1. The van der Waals surface area contributed by atoms with Crippen molar-refractivity contribution in [3.05, 3.63) is 0 Å². The van der Waals surface area contributed by atoms with Crippen molar-refractivity contribution in [1.29, 1.82) is 0 Å². The van der Waals surface area contributed by atoms with E-state index in [4.69, 9.17) is 0 Å². The summed E-state index contributed by atoms with van der Waals surface area (Å²) in [5.74, 6) is 1.67. The lowest BCUT2D eigenvalue weighted by Gasteiger charge is -2.25. The summed E-state index contributed by atoms with van der Waals surface area (Å²) in [5, 5.41) is 3.58. The predicted molar refractivity (Wildman–Crippen MR) is 61.0 cm³/mol. The highest BCUT2D eigenvalue weighted by molar-refractivity contribution is 4.73. The molecular formula is C12H27N. The van der Waals surface area contributed by atoms with Gasteiger partial charge in [0.15, 0.2) is 0 Å². The maximum Gasteiger partial charge on any atom is 0.00925 e. The Balaban J connectivity index is 3.91. The van der Waals surface area contributed by atoms with Crippen molar-refractivity contribution < 1.29 is 0 Å². The molecule has 0 spiro atoms. The normalized spacial score (nSPS) is 14.1. The van der Waals surface area contributed by atoms with Crippen molar-refractivity contribution >= 4 is 0 Å². The summed E-state index contributed by atoms with van der Waals surface area (Å²) in [5.41, 5.74) is 0. The van der Waals surface area contributed by atoms with Gasteiger partial charge >= 0.3 is 0 Å². The van der Waals surface area contributed by atoms with Crippen molar-refractivity contribution in [2.24, 2.45) is 11.8 Å². The van der Waals surface area contributed by atoms with E-state index in [9.17, 15) is 0 Å². The number of rotatable bonds is 7. The minimum absolute atomic E-state index is 0.717. The third-order valence-electron chi connectivity index (χ3n) is 3.01. The summed E-state index contributed by atoms with van der Waals surface area (Å²) >= 11 is 0. The third kappa shape index (κ3) is 5.30. The zero-order chi connectivity index (χ0) is 10.3. The molecule has 1 unspecified atom stereocenters. The van der Waals surface area contributed by atoms with Crippen LogP contribution in [0.4, 0.5) is 0 Å². The van der Waals surface area contributed by atoms with Crippen LogP contribution in [0.2, 0.25) is 0 Å². The van der Waals surface area contributed by atoms with Crippen LogP contribution in [0.1, 0.15) is 53.9 Å². The van der Waals surface area contributed by atoms with Gasteiger partial charge in [0.1, 0.15) is 0 Å². The van der Waals surface area contributed by atoms with Crippen LogP contribution >= 0.6 is 0 Å². The van der Waals surface area contributed by atoms with Gasteiger partial charge in [-0.2, -0.15) is 0 Å². The molecule has 0 saturated carbocycles. The van der Waals surface area contributed by atoms with E-state index in [-0.39, 0.29) is 0 Å². The first-order chi connectivity index (χ1) is 6.15. The topological polar surface area (TPSA) is 12.0 Å². The van der Waals surface area contributed by atoms with Crippen LogP contribution in [-0.2, 0) is 0 Å². The van der Waals surface area contributed by atoms with Gasteiger partial charge in [-0.15, -0.1) is 0 Å². The first kappa shape index (κ1) is 13.0. The molecular weight excluding hydrogens is 158 g/mol. The molecule has 80 valence electrons. The summed E-state index contributed by atoms with van der Waals surface area (Å²) in [7, 11) is 0. The summed E-state index contributed by atoms with van der Waals surface area (Å²) in [4.78, 5) is 0. The van der Waals surface area contributed by atoms with E-state index in [2.05, 4.69) is 39.9 Å². The second-order valence-corrected chi connectivity index (χ2v) is 4.33. The lowest BCUT2D eigenvalue weighted by molar-refractivity contribution is 0.311. The molecule has 0 aromatic rings. The molecule has 1 atom stereocenters. The summed E-state index contributed by atoms with van der Waals surface area (Å²) < 4.78 is 0. The number of nitrogens with one attached hydrogen (secondary N) is 1. The summed E-state index contributed by atoms with van der Waals surface area (Å²) in [6, 6.07) is 0.717. The second kappa shape index (κ2) is 7.37. The van der Waals surface area contributed by atoms with E-state index in [0.717, 1.165) is 24.4 Å². The summed E-state index contributed by atoms with van der Waals surface area (Å²) in [6.07, 6.45) is 3.99. The van der Waals surface area contributed by atoms with Gasteiger partial charge in [0.2, 0.25) is 0 Å². The van der Waals surface area contributed by atoms with Crippen LogP contribution in [0.5, 0.6) is 0 Å². The first-order valence-electron chi connectivity index (χ1n) is 5.88. The SMILES string of the molecule is CCNC(CC(CC)CC)C(C)C. The smallest absolute Gasteiger partial charge is 0.00925 e. The molecule has 0 fully saturated rings. The Morgan fingerprint density at radius 3 is 1.85 bits per heavy atom. The minimum atomic E-state index is 0.717. The standard InChI is InChI=1S/C12H27N/c1-6-11(7-2)9-12(10(4)5)13-8-3/h10-13H,6-9H2,1-5H3. The van der Waals surface area contributed by atoms with Crippen molar-refractivity contribution in [3.8, 4) is 0 Å². The molecule has 0 radical (unpaired) electrons. The minimum Gasteiger partial charge on any atom is -0.314 e. The van der Waals surface area contributed by atoms with Crippen molar-refractivity contribution in [1.82, 2.24) is 5.32 Å². The molecule has 1 N–H and O–H groups in total. The molecule has 0 aromatic carbocycles. The Bertz CT molecular complexity index is 106. The van der Waals surface area contributed by atoms with E-state index < -0.39 is 0 Å². The third-order valence-corrected chi connectivity index (χ3v) is 3.01. The van der Waals surface area contributed by atoms with Gasteiger partial charge in [-0.1, -0.05) is 47.5 Å². The highest BCUT2D eigenvalue weighted by Gasteiger charge is 2.15. The van der Waals surface area contributed by atoms with Crippen LogP contribution in [0.15, 0.2) is 0 Å². The summed E-state index contributed by atoms with van der Waals surface area (Å²) in [6.45, 7) is 12.5. The molecule has 0 amide bonds. The fourth-order valence-corrected chi connectivity index (χ4v) is 1.83. The molecule has 0 aliphatic carbocycles. The van der Waals surface area contributed by atoms with E-state index in [1.165, 1.54) is 19.3 Å². The molecule has 0 heterocycles. The Hall–Kier alpha value is -0.0400. The monoisotopic (exact) mass is 185 g/mol. The van der Waals surface area contributed by atoms with Gasteiger partial charge in [0.25, 0.3) is 0 Å².